The molecule has 0 aliphatic carbocycles. The third-order valence-electron chi connectivity index (χ3n) is 2.52. The standard InChI is InChI=1S/C13H14O.C4H8O2/c1-2-9-14-13-8-7-11-5-3-4-6-12(11)10-13;1-4(2)6-3-5/h3-8,10H,2,9H2,1H3;3-4H,1-2H3. The fourth-order valence-electron chi connectivity index (χ4n) is 1.59. The van der Waals surface area contributed by atoms with Gasteiger partial charge in [-0.05, 0) is 43.2 Å². The van der Waals surface area contributed by atoms with E-state index >= 15 is 0 Å². The summed E-state index contributed by atoms with van der Waals surface area (Å²) in [5.41, 5.74) is 0. The van der Waals surface area contributed by atoms with E-state index in [1.807, 2.05) is 12.1 Å². The molecule has 3 nitrogen and oxygen atoms in total. The van der Waals surface area contributed by atoms with Crippen LogP contribution in [0.2, 0.25) is 0 Å². The lowest BCUT2D eigenvalue weighted by atomic mass is 10.1. The van der Waals surface area contributed by atoms with Crippen molar-refractivity contribution in [2.45, 2.75) is 33.3 Å². The molecule has 0 radical (unpaired) electrons. The SMILES string of the molecule is CC(C)OC=O.CCCOc1ccc2ccccc2c1. The molecule has 3 heteroatoms. The zero-order chi connectivity index (χ0) is 14.8. The Morgan fingerprint density at radius 1 is 1.10 bits per heavy atom. The maximum atomic E-state index is 9.39. The van der Waals surface area contributed by atoms with Gasteiger partial charge in [-0.2, -0.15) is 0 Å². The zero-order valence-electron chi connectivity index (χ0n) is 12.3. The highest BCUT2D eigenvalue weighted by atomic mass is 16.5. The minimum absolute atomic E-state index is 0.0301. The molecule has 0 N–H and O–H groups in total. The summed E-state index contributed by atoms with van der Waals surface area (Å²) in [6.07, 6.45) is 1.08. The van der Waals surface area contributed by atoms with E-state index in [9.17, 15) is 4.79 Å². The first-order valence-electron chi connectivity index (χ1n) is 6.88. The van der Waals surface area contributed by atoms with E-state index in [0.717, 1.165) is 18.8 Å². The van der Waals surface area contributed by atoms with Crippen LogP contribution in [0.3, 0.4) is 0 Å². The van der Waals surface area contributed by atoms with Gasteiger partial charge in [0.05, 0.1) is 12.7 Å². The van der Waals surface area contributed by atoms with E-state index in [1.165, 1.54) is 10.8 Å². The Labute approximate surface area is 120 Å². The maximum Gasteiger partial charge on any atom is 0.293 e. The summed E-state index contributed by atoms with van der Waals surface area (Å²) in [5, 5.41) is 2.50. The minimum atomic E-state index is 0.0301. The first kappa shape index (κ1) is 16.0. The Hall–Kier alpha value is -2.03. The van der Waals surface area contributed by atoms with Crippen LogP contribution in [-0.4, -0.2) is 19.2 Å². The van der Waals surface area contributed by atoms with Crippen molar-refractivity contribution in [1.82, 2.24) is 0 Å². The maximum absolute atomic E-state index is 9.39. The molecule has 0 aliphatic rings. The van der Waals surface area contributed by atoms with Gasteiger partial charge in [-0.15, -0.1) is 0 Å². The van der Waals surface area contributed by atoms with Gasteiger partial charge in [-0.1, -0.05) is 37.3 Å². The van der Waals surface area contributed by atoms with Crippen molar-refractivity contribution < 1.29 is 14.3 Å². The van der Waals surface area contributed by atoms with Crippen molar-refractivity contribution in [2.75, 3.05) is 6.61 Å². The van der Waals surface area contributed by atoms with Crippen LogP contribution >= 0.6 is 0 Å². The van der Waals surface area contributed by atoms with Crippen molar-refractivity contribution in [3.63, 3.8) is 0 Å². The van der Waals surface area contributed by atoms with Crippen molar-refractivity contribution in [2.24, 2.45) is 0 Å². The Balaban J connectivity index is 0.000000286. The van der Waals surface area contributed by atoms with Crippen molar-refractivity contribution >= 4 is 17.2 Å². The van der Waals surface area contributed by atoms with E-state index in [4.69, 9.17) is 4.74 Å². The second kappa shape index (κ2) is 8.97. The van der Waals surface area contributed by atoms with Crippen LogP contribution in [0.4, 0.5) is 0 Å². The molecule has 20 heavy (non-hydrogen) atoms. The highest BCUT2D eigenvalue weighted by Crippen LogP contribution is 2.20. The Kier molecular flexibility index (Phi) is 7.18. The summed E-state index contributed by atoms with van der Waals surface area (Å²) in [5.74, 6) is 0.963. The van der Waals surface area contributed by atoms with E-state index < -0.39 is 0 Å². The summed E-state index contributed by atoms with van der Waals surface area (Å²) in [6.45, 7) is 6.95. The number of rotatable bonds is 5. The van der Waals surface area contributed by atoms with Crippen LogP contribution in [0.1, 0.15) is 27.2 Å². The molecular formula is C17H22O3. The largest absolute Gasteiger partial charge is 0.494 e. The molecule has 0 aromatic heterocycles. The van der Waals surface area contributed by atoms with Gasteiger partial charge in [0.25, 0.3) is 6.47 Å². The number of hydrogen-bond acceptors (Lipinski definition) is 3. The lowest BCUT2D eigenvalue weighted by molar-refractivity contribution is -0.131. The zero-order valence-corrected chi connectivity index (χ0v) is 12.3. The van der Waals surface area contributed by atoms with E-state index in [-0.39, 0.29) is 6.10 Å². The van der Waals surface area contributed by atoms with E-state index in [0.29, 0.717) is 6.47 Å². The highest BCUT2D eigenvalue weighted by Gasteiger charge is 1.95. The third-order valence-corrected chi connectivity index (χ3v) is 2.52. The second-order valence-electron chi connectivity index (χ2n) is 4.64. The number of hydrogen-bond donors (Lipinski definition) is 0. The highest BCUT2D eigenvalue weighted by molar-refractivity contribution is 5.83. The van der Waals surface area contributed by atoms with E-state index in [2.05, 4.69) is 42.0 Å². The Bertz CT molecular complexity index is 520. The number of fused-ring (bicyclic) bond motifs is 1. The van der Waals surface area contributed by atoms with Gasteiger partial charge in [0.15, 0.2) is 0 Å². The van der Waals surface area contributed by atoms with Gasteiger partial charge in [0.1, 0.15) is 5.75 Å². The fourth-order valence-corrected chi connectivity index (χ4v) is 1.59. The molecule has 0 atom stereocenters. The number of benzene rings is 2. The van der Waals surface area contributed by atoms with Crippen molar-refractivity contribution in [3.8, 4) is 5.75 Å². The molecule has 2 rings (SSSR count). The first-order valence-corrected chi connectivity index (χ1v) is 6.88. The van der Waals surface area contributed by atoms with Crippen molar-refractivity contribution in [1.29, 1.82) is 0 Å². The first-order chi connectivity index (χ1) is 9.67. The van der Waals surface area contributed by atoms with Gasteiger partial charge >= 0.3 is 0 Å². The number of ether oxygens (including phenoxy) is 2. The van der Waals surface area contributed by atoms with Crippen LogP contribution in [0.5, 0.6) is 5.75 Å². The molecule has 2 aromatic carbocycles. The molecule has 2 aromatic rings. The summed E-state index contributed by atoms with van der Waals surface area (Å²) in [6, 6.07) is 14.5. The van der Waals surface area contributed by atoms with Crippen LogP contribution < -0.4 is 4.74 Å². The average Bonchev–Trinajstić information content (AvgIpc) is 2.45. The lowest BCUT2D eigenvalue weighted by Gasteiger charge is -2.05. The lowest BCUT2D eigenvalue weighted by Crippen LogP contribution is -1.98. The molecule has 0 amide bonds. The molecule has 0 saturated carbocycles. The molecule has 0 unspecified atom stereocenters. The van der Waals surface area contributed by atoms with Gasteiger partial charge < -0.3 is 9.47 Å². The molecule has 0 aliphatic heterocycles. The average molecular weight is 274 g/mol. The van der Waals surface area contributed by atoms with Gasteiger partial charge in [0.2, 0.25) is 0 Å². The summed E-state index contributed by atoms with van der Waals surface area (Å²) < 4.78 is 9.92. The molecule has 108 valence electrons. The topological polar surface area (TPSA) is 35.5 Å². The molecule has 0 heterocycles. The molecule has 0 saturated heterocycles. The smallest absolute Gasteiger partial charge is 0.293 e. The van der Waals surface area contributed by atoms with Crippen LogP contribution in [0, 0.1) is 0 Å². The third kappa shape index (κ3) is 5.74. The predicted molar refractivity (Wildman–Crippen MR) is 82.0 cm³/mol. The number of carbonyl (C=O) groups excluding carboxylic acids is 1. The Morgan fingerprint density at radius 2 is 1.80 bits per heavy atom. The predicted octanol–water partition coefficient (Wildman–Crippen LogP) is 4.20. The van der Waals surface area contributed by atoms with Crippen molar-refractivity contribution in [3.05, 3.63) is 42.5 Å². The normalized spacial score (nSPS) is 9.80. The van der Waals surface area contributed by atoms with Gasteiger partial charge in [-0.3, -0.25) is 4.79 Å². The molecule has 0 bridgehead atoms. The van der Waals surface area contributed by atoms with Crippen LogP contribution in [0.15, 0.2) is 42.5 Å². The van der Waals surface area contributed by atoms with Gasteiger partial charge in [-0.25, -0.2) is 0 Å². The summed E-state index contributed by atoms with van der Waals surface area (Å²) in [7, 11) is 0. The van der Waals surface area contributed by atoms with Crippen LogP contribution in [-0.2, 0) is 9.53 Å². The monoisotopic (exact) mass is 274 g/mol. The second-order valence-corrected chi connectivity index (χ2v) is 4.64. The quantitative estimate of drug-likeness (QED) is 0.767. The fraction of sp³-hybridized carbons (Fsp3) is 0.353. The molecule has 0 fully saturated rings. The van der Waals surface area contributed by atoms with Crippen LogP contribution in [0.25, 0.3) is 10.8 Å². The molecule has 0 spiro atoms. The van der Waals surface area contributed by atoms with Gasteiger partial charge in [0, 0.05) is 0 Å². The van der Waals surface area contributed by atoms with E-state index in [1.54, 1.807) is 13.8 Å². The minimum Gasteiger partial charge on any atom is -0.494 e. The summed E-state index contributed by atoms with van der Waals surface area (Å²) >= 11 is 0. The summed E-state index contributed by atoms with van der Waals surface area (Å²) in [4.78, 5) is 9.39. The molecular weight excluding hydrogens is 252 g/mol. The number of carbonyl (C=O) groups is 1. The Morgan fingerprint density at radius 3 is 2.35 bits per heavy atom.